The molecular formula is C10H12O2. The standard InChI is InChI=1S/C10H12O2/c1-7(11)10-6-8-4-2-3-5-9(8)12-10/h2-5,7,10-11H,6H2,1H3/t7-,10?/m1/s1. The van der Waals surface area contributed by atoms with Crippen molar-refractivity contribution in [1.82, 2.24) is 0 Å². The molecule has 0 fully saturated rings. The summed E-state index contributed by atoms with van der Waals surface area (Å²) in [5.74, 6) is 0.920. The second-order valence-electron chi connectivity index (χ2n) is 3.21. The Hall–Kier alpha value is -1.02. The average Bonchev–Trinajstić information content (AvgIpc) is 2.46. The predicted octanol–water partition coefficient (Wildman–Crippen LogP) is 1.37. The van der Waals surface area contributed by atoms with Crippen LogP contribution in [-0.2, 0) is 6.42 Å². The van der Waals surface area contributed by atoms with Crippen LogP contribution < -0.4 is 4.74 Å². The molecule has 1 aliphatic rings. The van der Waals surface area contributed by atoms with Crippen molar-refractivity contribution in [3.63, 3.8) is 0 Å². The van der Waals surface area contributed by atoms with Gasteiger partial charge in [0, 0.05) is 6.42 Å². The minimum Gasteiger partial charge on any atom is -0.487 e. The number of hydrogen-bond acceptors (Lipinski definition) is 2. The van der Waals surface area contributed by atoms with Crippen molar-refractivity contribution >= 4 is 0 Å². The van der Waals surface area contributed by atoms with E-state index in [1.54, 1.807) is 6.92 Å². The highest BCUT2D eigenvalue weighted by Crippen LogP contribution is 2.29. The van der Waals surface area contributed by atoms with Crippen LogP contribution in [0.4, 0.5) is 0 Å². The van der Waals surface area contributed by atoms with E-state index in [2.05, 4.69) is 0 Å². The van der Waals surface area contributed by atoms with Gasteiger partial charge in [0.1, 0.15) is 11.9 Å². The first-order valence-corrected chi connectivity index (χ1v) is 4.20. The highest BCUT2D eigenvalue weighted by atomic mass is 16.5. The minimum atomic E-state index is -0.391. The third kappa shape index (κ3) is 1.18. The molecule has 12 heavy (non-hydrogen) atoms. The van der Waals surface area contributed by atoms with E-state index < -0.39 is 6.10 Å². The quantitative estimate of drug-likeness (QED) is 0.679. The topological polar surface area (TPSA) is 29.5 Å². The Morgan fingerprint density at radius 3 is 2.92 bits per heavy atom. The fourth-order valence-corrected chi connectivity index (χ4v) is 1.48. The van der Waals surface area contributed by atoms with Gasteiger partial charge in [0.2, 0.25) is 0 Å². The van der Waals surface area contributed by atoms with Crippen LogP contribution in [-0.4, -0.2) is 17.3 Å². The zero-order valence-corrected chi connectivity index (χ0v) is 7.03. The van der Waals surface area contributed by atoms with Gasteiger partial charge in [-0.25, -0.2) is 0 Å². The zero-order valence-electron chi connectivity index (χ0n) is 7.03. The Morgan fingerprint density at radius 1 is 1.50 bits per heavy atom. The van der Waals surface area contributed by atoms with E-state index in [0.29, 0.717) is 0 Å². The largest absolute Gasteiger partial charge is 0.487 e. The highest BCUT2D eigenvalue weighted by Gasteiger charge is 2.25. The van der Waals surface area contributed by atoms with Crippen molar-refractivity contribution < 1.29 is 9.84 Å². The number of ether oxygens (including phenoxy) is 1. The maximum absolute atomic E-state index is 9.30. The summed E-state index contributed by atoms with van der Waals surface area (Å²) in [7, 11) is 0. The summed E-state index contributed by atoms with van der Waals surface area (Å²) in [4.78, 5) is 0. The molecule has 0 spiro atoms. The van der Waals surface area contributed by atoms with Gasteiger partial charge >= 0.3 is 0 Å². The number of benzene rings is 1. The van der Waals surface area contributed by atoms with Gasteiger partial charge in [0.05, 0.1) is 6.10 Å². The first kappa shape index (κ1) is 7.62. The van der Waals surface area contributed by atoms with Crippen molar-refractivity contribution in [2.45, 2.75) is 25.6 Å². The molecule has 0 saturated carbocycles. The molecule has 1 aliphatic heterocycles. The summed E-state index contributed by atoms with van der Waals surface area (Å²) >= 11 is 0. The van der Waals surface area contributed by atoms with Crippen molar-refractivity contribution in [3.05, 3.63) is 29.8 Å². The van der Waals surface area contributed by atoms with Gasteiger partial charge in [-0.05, 0) is 18.6 Å². The Balaban J connectivity index is 2.22. The molecule has 64 valence electrons. The number of rotatable bonds is 1. The Morgan fingerprint density at radius 2 is 2.25 bits per heavy atom. The summed E-state index contributed by atoms with van der Waals surface area (Å²) in [5, 5.41) is 9.30. The SMILES string of the molecule is C[C@@H](O)C1Cc2ccccc2O1. The number of para-hydroxylation sites is 1. The first-order chi connectivity index (χ1) is 5.77. The van der Waals surface area contributed by atoms with Crippen molar-refractivity contribution in [1.29, 1.82) is 0 Å². The van der Waals surface area contributed by atoms with E-state index >= 15 is 0 Å². The zero-order chi connectivity index (χ0) is 8.55. The van der Waals surface area contributed by atoms with Gasteiger partial charge in [-0.3, -0.25) is 0 Å². The normalized spacial score (nSPS) is 23.0. The van der Waals surface area contributed by atoms with Crippen molar-refractivity contribution in [2.75, 3.05) is 0 Å². The van der Waals surface area contributed by atoms with E-state index in [-0.39, 0.29) is 6.10 Å². The molecule has 1 N–H and O–H groups in total. The average molecular weight is 164 g/mol. The van der Waals surface area contributed by atoms with E-state index in [0.717, 1.165) is 12.2 Å². The van der Waals surface area contributed by atoms with Crippen LogP contribution in [0.2, 0.25) is 0 Å². The summed E-state index contributed by atoms with van der Waals surface area (Å²) in [6.45, 7) is 1.76. The van der Waals surface area contributed by atoms with Gasteiger partial charge < -0.3 is 9.84 Å². The molecule has 0 bridgehead atoms. The molecule has 2 heteroatoms. The lowest BCUT2D eigenvalue weighted by molar-refractivity contribution is 0.0632. The molecule has 1 heterocycles. The van der Waals surface area contributed by atoms with Crippen LogP contribution in [0.15, 0.2) is 24.3 Å². The molecule has 0 saturated heterocycles. The Kier molecular flexibility index (Phi) is 1.77. The summed E-state index contributed by atoms with van der Waals surface area (Å²) in [5.41, 5.74) is 1.20. The van der Waals surface area contributed by atoms with Crippen LogP contribution in [0.3, 0.4) is 0 Å². The van der Waals surface area contributed by atoms with Crippen molar-refractivity contribution in [3.8, 4) is 5.75 Å². The summed E-state index contributed by atoms with van der Waals surface area (Å²) < 4.78 is 5.52. The van der Waals surface area contributed by atoms with Crippen LogP contribution in [0, 0.1) is 0 Å². The molecule has 1 aromatic rings. The van der Waals surface area contributed by atoms with Gasteiger partial charge in [0.15, 0.2) is 0 Å². The molecule has 2 atom stereocenters. The first-order valence-electron chi connectivity index (χ1n) is 4.20. The summed E-state index contributed by atoms with van der Waals surface area (Å²) in [6.07, 6.45) is 0.383. The molecule has 0 radical (unpaired) electrons. The molecule has 1 aromatic carbocycles. The lowest BCUT2D eigenvalue weighted by Crippen LogP contribution is -2.26. The fraction of sp³-hybridized carbons (Fsp3) is 0.400. The van der Waals surface area contributed by atoms with Gasteiger partial charge in [-0.1, -0.05) is 18.2 Å². The Labute approximate surface area is 71.8 Å². The van der Waals surface area contributed by atoms with Crippen LogP contribution >= 0.6 is 0 Å². The minimum absolute atomic E-state index is 0.0533. The number of fused-ring (bicyclic) bond motifs is 1. The lowest BCUT2D eigenvalue weighted by Gasteiger charge is -2.12. The maximum Gasteiger partial charge on any atom is 0.128 e. The molecule has 1 unspecified atom stereocenters. The number of aliphatic hydroxyl groups is 1. The second-order valence-corrected chi connectivity index (χ2v) is 3.21. The third-order valence-corrected chi connectivity index (χ3v) is 2.21. The van der Waals surface area contributed by atoms with Crippen LogP contribution in [0.5, 0.6) is 5.75 Å². The molecule has 0 aliphatic carbocycles. The predicted molar refractivity (Wildman–Crippen MR) is 46.2 cm³/mol. The van der Waals surface area contributed by atoms with Gasteiger partial charge in [0.25, 0.3) is 0 Å². The molecule has 2 rings (SSSR count). The fourth-order valence-electron chi connectivity index (χ4n) is 1.48. The monoisotopic (exact) mass is 164 g/mol. The van der Waals surface area contributed by atoms with Crippen LogP contribution in [0.25, 0.3) is 0 Å². The molecule has 2 nitrogen and oxygen atoms in total. The highest BCUT2D eigenvalue weighted by molar-refractivity contribution is 5.37. The summed E-state index contributed by atoms with van der Waals surface area (Å²) in [6, 6.07) is 7.92. The second kappa shape index (κ2) is 2.79. The molecule has 0 amide bonds. The Bertz CT molecular complexity index is 256. The van der Waals surface area contributed by atoms with E-state index in [1.807, 2.05) is 24.3 Å². The maximum atomic E-state index is 9.30. The van der Waals surface area contributed by atoms with E-state index in [4.69, 9.17) is 4.74 Å². The van der Waals surface area contributed by atoms with E-state index in [1.165, 1.54) is 5.56 Å². The lowest BCUT2D eigenvalue weighted by atomic mass is 10.1. The van der Waals surface area contributed by atoms with Crippen molar-refractivity contribution in [2.24, 2.45) is 0 Å². The number of aliphatic hydroxyl groups excluding tert-OH is 1. The van der Waals surface area contributed by atoms with Gasteiger partial charge in [-0.2, -0.15) is 0 Å². The number of hydrogen-bond donors (Lipinski definition) is 1. The third-order valence-electron chi connectivity index (χ3n) is 2.21. The van der Waals surface area contributed by atoms with Crippen LogP contribution in [0.1, 0.15) is 12.5 Å². The molecule has 0 aromatic heterocycles. The smallest absolute Gasteiger partial charge is 0.128 e. The van der Waals surface area contributed by atoms with E-state index in [9.17, 15) is 5.11 Å². The van der Waals surface area contributed by atoms with Gasteiger partial charge in [-0.15, -0.1) is 0 Å². The molecular weight excluding hydrogens is 152 g/mol.